The van der Waals surface area contributed by atoms with Gasteiger partial charge in [0.25, 0.3) is 0 Å². The Hall–Kier alpha value is -3.50. The van der Waals surface area contributed by atoms with E-state index in [1.807, 2.05) is 24.6 Å². The summed E-state index contributed by atoms with van der Waals surface area (Å²) in [6.07, 6.45) is -3.12. The lowest BCUT2D eigenvalue weighted by atomic mass is 10.2. The van der Waals surface area contributed by atoms with Crippen LogP contribution in [0, 0.1) is 6.92 Å². The lowest BCUT2D eigenvalue weighted by Crippen LogP contribution is -2.20. The van der Waals surface area contributed by atoms with Crippen LogP contribution in [-0.2, 0) is 13.2 Å². The van der Waals surface area contributed by atoms with Crippen LogP contribution in [0.3, 0.4) is 0 Å². The SMILES string of the molecule is Cc1cc2ncnc(Oc3ccc(NC(=O)Nc4cccc(C(F)(F)F)c4)c(Cl)c3)c2n1C.Cl. The lowest BCUT2D eigenvalue weighted by molar-refractivity contribution is -0.137. The summed E-state index contributed by atoms with van der Waals surface area (Å²) in [7, 11) is 1.87. The van der Waals surface area contributed by atoms with Crippen molar-refractivity contribution >= 4 is 52.4 Å². The van der Waals surface area contributed by atoms with Crippen LogP contribution in [0.1, 0.15) is 11.3 Å². The van der Waals surface area contributed by atoms with Crippen molar-refractivity contribution in [1.82, 2.24) is 14.5 Å². The molecule has 0 aliphatic carbocycles. The van der Waals surface area contributed by atoms with Crippen LogP contribution in [0.15, 0.2) is 54.9 Å². The molecule has 34 heavy (non-hydrogen) atoms. The van der Waals surface area contributed by atoms with Gasteiger partial charge in [0.2, 0.25) is 5.88 Å². The number of alkyl halides is 3. The lowest BCUT2D eigenvalue weighted by Gasteiger charge is -2.12. The predicted molar refractivity (Wildman–Crippen MR) is 126 cm³/mol. The summed E-state index contributed by atoms with van der Waals surface area (Å²) in [4.78, 5) is 20.7. The number of anilines is 2. The van der Waals surface area contributed by atoms with Gasteiger partial charge >= 0.3 is 12.2 Å². The number of carbonyl (C=O) groups is 1. The topological polar surface area (TPSA) is 81.1 Å². The maximum atomic E-state index is 12.8. The second-order valence-corrected chi connectivity index (χ2v) is 7.57. The summed E-state index contributed by atoms with van der Waals surface area (Å²) in [5.41, 5.74) is 1.80. The normalized spacial score (nSPS) is 11.1. The molecule has 0 unspecified atom stereocenters. The van der Waals surface area contributed by atoms with Gasteiger partial charge in [-0.3, -0.25) is 0 Å². The van der Waals surface area contributed by atoms with Gasteiger partial charge in [-0.05, 0) is 43.3 Å². The molecular weight excluding hydrogens is 494 g/mol. The Morgan fingerprint density at radius 1 is 1.09 bits per heavy atom. The number of rotatable bonds is 4. The van der Waals surface area contributed by atoms with Gasteiger partial charge < -0.3 is 19.9 Å². The highest BCUT2D eigenvalue weighted by Crippen LogP contribution is 2.33. The van der Waals surface area contributed by atoms with Crippen LogP contribution < -0.4 is 15.4 Å². The van der Waals surface area contributed by atoms with Crippen molar-refractivity contribution in [3.63, 3.8) is 0 Å². The molecule has 0 fully saturated rings. The van der Waals surface area contributed by atoms with E-state index < -0.39 is 17.8 Å². The number of benzene rings is 2. The summed E-state index contributed by atoms with van der Waals surface area (Å²) in [5.74, 6) is 0.720. The summed E-state index contributed by atoms with van der Waals surface area (Å²) >= 11 is 6.27. The van der Waals surface area contributed by atoms with Crippen molar-refractivity contribution in [3.05, 3.63) is 71.1 Å². The highest BCUT2D eigenvalue weighted by molar-refractivity contribution is 6.34. The zero-order valence-electron chi connectivity index (χ0n) is 17.8. The number of hydrogen-bond donors (Lipinski definition) is 2. The molecule has 0 aliphatic rings. The Morgan fingerprint density at radius 3 is 2.56 bits per heavy atom. The van der Waals surface area contributed by atoms with Gasteiger partial charge in [0.05, 0.1) is 21.8 Å². The van der Waals surface area contributed by atoms with Gasteiger partial charge in [0, 0.05) is 24.5 Å². The molecule has 0 aliphatic heterocycles. The third-order valence-corrected chi connectivity index (χ3v) is 5.19. The molecule has 2 aromatic heterocycles. The van der Waals surface area contributed by atoms with Gasteiger partial charge in [0.15, 0.2) is 0 Å². The number of hydrogen-bond acceptors (Lipinski definition) is 4. The third-order valence-electron chi connectivity index (χ3n) is 4.88. The quantitative estimate of drug-likeness (QED) is 0.315. The first-order valence-corrected chi connectivity index (χ1v) is 9.99. The molecule has 0 saturated heterocycles. The van der Waals surface area contributed by atoms with E-state index in [4.69, 9.17) is 16.3 Å². The third kappa shape index (κ3) is 5.35. The fourth-order valence-corrected chi connectivity index (χ4v) is 3.39. The van der Waals surface area contributed by atoms with Crippen LogP contribution in [-0.4, -0.2) is 20.6 Å². The van der Waals surface area contributed by atoms with E-state index in [1.54, 1.807) is 6.07 Å². The Balaban J connectivity index is 0.00000324. The number of halogens is 5. The average Bonchev–Trinajstić information content (AvgIpc) is 3.04. The number of urea groups is 1. The highest BCUT2D eigenvalue weighted by atomic mass is 35.5. The minimum absolute atomic E-state index is 0. The molecule has 2 N–H and O–H groups in total. The first-order chi connectivity index (χ1) is 15.6. The molecular formula is C22H18Cl2F3N5O2. The molecule has 2 aromatic carbocycles. The molecule has 4 rings (SSSR count). The molecule has 0 bridgehead atoms. The van der Waals surface area contributed by atoms with E-state index in [9.17, 15) is 18.0 Å². The monoisotopic (exact) mass is 511 g/mol. The number of nitrogens with zero attached hydrogens (tertiary/aromatic N) is 3. The predicted octanol–water partition coefficient (Wildman–Crippen LogP) is 6.81. The van der Waals surface area contributed by atoms with Crippen molar-refractivity contribution in [2.24, 2.45) is 7.05 Å². The second kappa shape index (κ2) is 9.78. The smallest absolute Gasteiger partial charge is 0.416 e. The highest BCUT2D eigenvalue weighted by Gasteiger charge is 2.30. The number of fused-ring (bicyclic) bond motifs is 1. The Morgan fingerprint density at radius 2 is 1.85 bits per heavy atom. The number of aryl methyl sites for hydroxylation is 2. The molecule has 4 aromatic rings. The molecule has 0 saturated carbocycles. The van der Waals surface area contributed by atoms with Crippen LogP contribution in [0.2, 0.25) is 5.02 Å². The van der Waals surface area contributed by atoms with Crippen LogP contribution in [0.4, 0.5) is 29.3 Å². The van der Waals surface area contributed by atoms with Crippen LogP contribution in [0.5, 0.6) is 11.6 Å². The van der Waals surface area contributed by atoms with Crippen LogP contribution in [0.25, 0.3) is 11.0 Å². The van der Waals surface area contributed by atoms with E-state index in [2.05, 4.69) is 20.6 Å². The summed E-state index contributed by atoms with van der Waals surface area (Å²) in [5, 5.41) is 5.02. The van der Waals surface area contributed by atoms with E-state index >= 15 is 0 Å². The molecule has 7 nitrogen and oxygen atoms in total. The minimum Gasteiger partial charge on any atom is -0.437 e. The number of carbonyl (C=O) groups excluding carboxylic acids is 1. The standard InChI is InChI=1S/C22H17ClF3N5O2.ClH/c1-12-8-18-19(31(12)2)20(28-11-27-18)33-15-6-7-17(16(23)10-15)30-21(32)29-14-5-3-4-13(9-14)22(24,25)26;/h3-11H,1-2H3,(H2,29,30,32);1H. The number of nitrogens with one attached hydrogen (secondary N) is 2. The van der Waals surface area contributed by atoms with Gasteiger partial charge in [-0.1, -0.05) is 17.7 Å². The number of aromatic nitrogens is 3. The van der Waals surface area contributed by atoms with Crippen LogP contribution >= 0.6 is 24.0 Å². The largest absolute Gasteiger partial charge is 0.437 e. The maximum Gasteiger partial charge on any atom is 0.416 e. The van der Waals surface area contributed by atoms with Crippen molar-refractivity contribution in [2.45, 2.75) is 13.1 Å². The maximum absolute atomic E-state index is 12.8. The van der Waals surface area contributed by atoms with Gasteiger partial charge in [-0.2, -0.15) is 18.2 Å². The zero-order valence-corrected chi connectivity index (χ0v) is 19.3. The van der Waals surface area contributed by atoms with Crippen molar-refractivity contribution in [3.8, 4) is 11.6 Å². The van der Waals surface area contributed by atoms with E-state index in [-0.39, 0.29) is 28.8 Å². The number of amides is 2. The van der Waals surface area contributed by atoms with Gasteiger partial charge in [-0.25, -0.2) is 9.78 Å². The Bertz CT molecular complexity index is 1360. The first-order valence-electron chi connectivity index (χ1n) is 9.61. The molecule has 2 heterocycles. The number of ether oxygens (including phenoxy) is 1. The van der Waals surface area contributed by atoms with Gasteiger partial charge in [0.1, 0.15) is 17.6 Å². The Kier molecular flexibility index (Phi) is 7.23. The summed E-state index contributed by atoms with van der Waals surface area (Å²) < 4.78 is 46.3. The molecule has 2 amide bonds. The summed E-state index contributed by atoms with van der Waals surface area (Å²) in [6, 6.07) is 10.1. The fraction of sp³-hybridized carbons (Fsp3) is 0.136. The van der Waals surface area contributed by atoms with Crippen molar-refractivity contribution < 1.29 is 22.7 Å². The molecule has 0 atom stereocenters. The molecule has 12 heteroatoms. The molecule has 178 valence electrons. The molecule has 0 spiro atoms. The first kappa shape index (κ1) is 25.1. The minimum atomic E-state index is -4.51. The van der Waals surface area contributed by atoms with Crippen molar-refractivity contribution in [1.29, 1.82) is 0 Å². The van der Waals surface area contributed by atoms with E-state index in [1.165, 1.54) is 30.6 Å². The van der Waals surface area contributed by atoms with Gasteiger partial charge in [-0.15, -0.1) is 12.4 Å². The fourth-order valence-electron chi connectivity index (χ4n) is 3.17. The van der Waals surface area contributed by atoms with E-state index in [0.29, 0.717) is 17.1 Å². The van der Waals surface area contributed by atoms with Crippen molar-refractivity contribution in [2.75, 3.05) is 10.6 Å². The average molecular weight is 512 g/mol. The Labute approximate surface area is 203 Å². The molecule has 0 radical (unpaired) electrons. The van der Waals surface area contributed by atoms with E-state index in [0.717, 1.165) is 23.3 Å². The second-order valence-electron chi connectivity index (χ2n) is 7.16. The zero-order chi connectivity index (χ0) is 23.8. The summed E-state index contributed by atoms with van der Waals surface area (Å²) in [6.45, 7) is 1.94.